The van der Waals surface area contributed by atoms with Crippen molar-refractivity contribution in [1.82, 2.24) is 9.88 Å². The molecule has 1 amide bonds. The van der Waals surface area contributed by atoms with Crippen LogP contribution in [0.15, 0.2) is 30.5 Å². The van der Waals surface area contributed by atoms with Gasteiger partial charge in [0.1, 0.15) is 0 Å². The quantitative estimate of drug-likeness (QED) is 0.788. The average molecular weight is 287 g/mol. The van der Waals surface area contributed by atoms with Crippen LogP contribution >= 0.6 is 0 Å². The van der Waals surface area contributed by atoms with Gasteiger partial charge in [0.05, 0.1) is 12.1 Å². The molecule has 112 valence electrons. The maximum atomic E-state index is 12.4. The number of rotatable bonds is 3. The summed E-state index contributed by atoms with van der Waals surface area (Å²) in [6, 6.07) is 7.49. The maximum Gasteiger partial charge on any atom is 0.239 e. The third kappa shape index (κ3) is 2.94. The Balaban J connectivity index is 1.68. The topological polar surface area (TPSA) is 82.4 Å². The highest BCUT2D eigenvalue weighted by molar-refractivity contribution is 5.86. The minimum absolute atomic E-state index is 0.0211. The molecule has 1 saturated heterocycles. The van der Waals surface area contributed by atoms with Gasteiger partial charge in [-0.15, -0.1) is 0 Å². The Morgan fingerprint density at radius 3 is 2.86 bits per heavy atom. The fourth-order valence-corrected chi connectivity index (χ4v) is 2.95. The van der Waals surface area contributed by atoms with Crippen molar-refractivity contribution < 1.29 is 9.90 Å². The molecule has 1 aromatic heterocycles. The van der Waals surface area contributed by atoms with Crippen molar-refractivity contribution >= 4 is 16.8 Å². The number of nitrogens with zero attached hydrogens (tertiary/aromatic N) is 1. The molecule has 1 fully saturated rings. The molecule has 0 aliphatic carbocycles. The molecule has 5 heteroatoms. The van der Waals surface area contributed by atoms with E-state index >= 15 is 0 Å². The maximum absolute atomic E-state index is 12.4. The number of carbonyl (C=O) groups is 1. The van der Waals surface area contributed by atoms with E-state index in [2.05, 4.69) is 4.98 Å². The zero-order valence-electron chi connectivity index (χ0n) is 12.0. The molecule has 5 nitrogen and oxygen atoms in total. The molecule has 2 aromatic rings. The highest BCUT2D eigenvalue weighted by Crippen LogP contribution is 2.19. The van der Waals surface area contributed by atoms with Gasteiger partial charge in [0.15, 0.2) is 0 Å². The van der Waals surface area contributed by atoms with Gasteiger partial charge in [-0.3, -0.25) is 4.79 Å². The summed E-state index contributed by atoms with van der Waals surface area (Å²) in [6.07, 6.45) is 3.47. The number of para-hydroxylation sites is 1. The molecular formula is C16H21N3O2. The SMILES string of the molecule is NC(Cc1c[nH]c2ccccc12)C(=O)N1CCC(O)CC1. The van der Waals surface area contributed by atoms with Crippen LogP contribution in [0.25, 0.3) is 10.9 Å². The number of aromatic nitrogens is 1. The molecule has 1 atom stereocenters. The van der Waals surface area contributed by atoms with Crippen LogP contribution in [0.2, 0.25) is 0 Å². The predicted octanol–water partition coefficient (Wildman–Crippen LogP) is 1.02. The van der Waals surface area contributed by atoms with Gasteiger partial charge in [-0.25, -0.2) is 0 Å². The lowest BCUT2D eigenvalue weighted by Gasteiger charge is -2.31. The summed E-state index contributed by atoms with van der Waals surface area (Å²) in [5.41, 5.74) is 8.23. The number of H-pyrrole nitrogens is 1. The van der Waals surface area contributed by atoms with Gasteiger partial charge in [0.25, 0.3) is 0 Å². The number of hydrogen-bond acceptors (Lipinski definition) is 3. The number of likely N-dealkylation sites (tertiary alicyclic amines) is 1. The molecule has 1 aromatic carbocycles. The molecule has 0 bridgehead atoms. The van der Waals surface area contributed by atoms with Crippen LogP contribution in [0.3, 0.4) is 0 Å². The number of benzene rings is 1. The van der Waals surface area contributed by atoms with Crippen molar-refractivity contribution in [2.75, 3.05) is 13.1 Å². The first-order chi connectivity index (χ1) is 10.1. The van der Waals surface area contributed by atoms with Gasteiger partial charge in [-0.05, 0) is 30.9 Å². The fraction of sp³-hybridized carbons (Fsp3) is 0.438. The standard InChI is InChI=1S/C16H21N3O2/c17-14(16(21)19-7-5-12(20)6-8-19)9-11-10-18-15-4-2-1-3-13(11)15/h1-4,10,12,14,18,20H,5-9,17H2. The van der Waals surface area contributed by atoms with Crippen LogP contribution in [-0.2, 0) is 11.2 Å². The average Bonchev–Trinajstić information content (AvgIpc) is 2.91. The summed E-state index contributed by atoms with van der Waals surface area (Å²) in [7, 11) is 0. The lowest BCUT2D eigenvalue weighted by Crippen LogP contribution is -2.48. The van der Waals surface area contributed by atoms with E-state index in [0.29, 0.717) is 32.4 Å². The Morgan fingerprint density at radius 2 is 2.10 bits per heavy atom. The number of aromatic amines is 1. The molecule has 0 spiro atoms. The summed E-state index contributed by atoms with van der Waals surface area (Å²) in [4.78, 5) is 17.4. The minimum Gasteiger partial charge on any atom is -0.393 e. The molecule has 4 N–H and O–H groups in total. The summed E-state index contributed by atoms with van der Waals surface area (Å²) < 4.78 is 0. The molecule has 2 heterocycles. The Kier molecular flexibility index (Phi) is 3.94. The summed E-state index contributed by atoms with van der Waals surface area (Å²) >= 11 is 0. The minimum atomic E-state index is -0.528. The van der Waals surface area contributed by atoms with Gasteiger partial charge < -0.3 is 20.7 Å². The zero-order valence-corrected chi connectivity index (χ0v) is 12.0. The van der Waals surface area contributed by atoms with Crippen molar-refractivity contribution in [3.05, 3.63) is 36.0 Å². The number of nitrogens with two attached hydrogens (primary N) is 1. The van der Waals surface area contributed by atoms with Gasteiger partial charge in [0.2, 0.25) is 5.91 Å². The van der Waals surface area contributed by atoms with E-state index in [1.54, 1.807) is 4.90 Å². The molecule has 1 unspecified atom stereocenters. The molecule has 0 radical (unpaired) electrons. The smallest absolute Gasteiger partial charge is 0.239 e. The first-order valence-electron chi connectivity index (χ1n) is 7.42. The van der Waals surface area contributed by atoms with Gasteiger partial charge >= 0.3 is 0 Å². The number of fused-ring (bicyclic) bond motifs is 1. The third-order valence-corrected chi connectivity index (χ3v) is 4.21. The van der Waals surface area contributed by atoms with Crippen molar-refractivity contribution in [2.45, 2.75) is 31.4 Å². The Hall–Kier alpha value is -1.85. The van der Waals surface area contributed by atoms with E-state index in [1.165, 1.54) is 0 Å². The summed E-state index contributed by atoms with van der Waals surface area (Å²) in [6.45, 7) is 1.20. The second-order valence-electron chi connectivity index (χ2n) is 5.73. The van der Waals surface area contributed by atoms with E-state index in [0.717, 1.165) is 16.5 Å². The predicted molar refractivity (Wildman–Crippen MR) is 81.8 cm³/mol. The molecule has 0 saturated carbocycles. The zero-order chi connectivity index (χ0) is 14.8. The summed E-state index contributed by atoms with van der Waals surface area (Å²) in [5.74, 6) is -0.0211. The van der Waals surface area contributed by atoms with Crippen LogP contribution in [0.5, 0.6) is 0 Å². The molecule has 1 aliphatic rings. The number of aliphatic hydroxyl groups is 1. The van der Waals surface area contributed by atoms with Crippen LogP contribution in [0, 0.1) is 0 Å². The Labute approximate surface area is 123 Å². The van der Waals surface area contributed by atoms with Gasteiger partial charge in [-0.1, -0.05) is 18.2 Å². The van der Waals surface area contributed by atoms with Crippen LogP contribution in [0.1, 0.15) is 18.4 Å². The first kappa shape index (κ1) is 14.1. The van der Waals surface area contributed by atoms with Crippen molar-refractivity contribution in [1.29, 1.82) is 0 Å². The normalized spacial score (nSPS) is 18.1. The first-order valence-corrected chi connectivity index (χ1v) is 7.42. The molecule has 3 rings (SSSR count). The number of hydrogen-bond donors (Lipinski definition) is 3. The number of piperidine rings is 1. The van der Waals surface area contributed by atoms with E-state index < -0.39 is 6.04 Å². The Morgan fingerprint density at radius 1 is 1.38 bits per heavy atom. The monoisotopic (exact) mass is 287 g/mol. The largest absolute Gasteiger partial charge is 0.393 e. The highest BCUT2D eigenvalue weighted by Gasteiger charge is 2.26. The Bertz CT molecular complexity index is 629. The van der Waals surface area contributed by atoms with E-state index in [1.807, 2.05) is 30.5 Å². The van der Waals surface area contributed by atoms with Gasteiger partial charge in [-0.2, -0.15) is 0 Å². The van der Waals surface area contributed by atoms with Crippen LogP contribution in [-0.4, -0.2) is 46.1 Å². The number of amides is 1. The van der Waals surface area contributed by atoms with Gasteiger partial charge in [0, 0.05) is 30.2 Å². The highest BCUT2D eigenvalue weighted by atomic mass is 16.3. The van der Waals surface area contributed by atoms with E-state index in [9.17, 15) is 9.90 Å². The van der Waals surface area contributed by atoms with E-state index in [-0.39, 0.29) is 12.0 Å². The van der Waals surface area contributed by atoms with E-state index in [4.69, 9.17) is 5.73 Å². The lowest BCUT2D eigenvalue weighted by atomic mass is 10.0. The fourth-order valence-electron chi connectivity index (χ4n) is 2.95. The summed E-state index contributed by atoms with van der Waals surface area (Å²) in [5, 5.41) is 10.6. The van der Waals surface area contributed by atoms with Crippen molar-refractivity contribution in [2.24, 2.45) is 5.73 Å². The number of nitrogens with one attached hydrogen (secondary N) is 1. The number of carbonyl (C=O) groups excluding carboxylic acids is 1. The lowest BCUT2D eigenvalue weighted by molar-refractivity contribution is -0.134. The number of aliphatic hydroxyl groups excluding tert-OH is 1. The second kappa shape index (κ2) is 5.87. The van der Waals surface area contributed by atoms with Crippen molar-refractivity contribution in [3.8, 4) is 0 Å². The molecule has 21 heavy (non-hydrogen) atoms. The van der Waals surface area contributed by atoms with Crippen molar-refractivity contribution in [3.63, 3.8) is 0 Å². The third-order valence-electron chi connectivity index (χ3n) is 4.21. The second-order valence-corrected chi connectivity index (χ2v) is 5.73. The molecule has 1 aliphatic heterocycles. The van der Waals surface area contributed by atoms with Crippen LogP contribution in [0.4, 0.5) is 0 Å². The van der Waals surface area contributed by atoms with Crippen LogP contribution < -0.4 is 5.73 Å². The molecular weight excluding hydrogens is 266 g/mol.